The molecule has 9 nitrogen and oxygen atoms in total. The second-order valence-corrected chi connectivity index (χ2v) is 10.5. The van der Waals surface area contributed by atoms with Gasteiger partial charge in [0.15, 0.2) is 0 Å². The van der Waals surface area contributed by atoms with E-state index in [1.165, 1.54) is 5.69 Å². The molecule has 6 rings (SSSR count). The van der Waals surface area contributed by atoms with Gasteiger partial charge in [-0.25, -0.2) is 9.97 Å². The van der Waals surface area contributed by atoms with Crippen LogP contribution in [0.1, 0.15) is 26.2 Å². The number of nitrogens with zero attached hydrogens (tertiary/aromatic N) is 5. The molecular formula is C28H36N6O3. The van der Waals surface area contributed by atoms with Gasteiger partial charge in [-0.3, -0.25) is 9.69 Å². The van der Waals surface area contributed by atoms with Crippen molar-refractivity contribution in [1.82, 2.24) is 24.8 Å². The fourth-order valence-corrected chi connectivity index (χ4v) is 5.84. The Hall–Kier alpha value is -3.17. The van der Waals surface area contributed by atoms with E-state index < -0.39 is 0 Å². The van der Waals surface area contributed by atoms with Crippen LogP contribution in [0.15, 0.2) is 36.7 Å². The number of imidazole rings is 1. The maximum absolute atomic E-state index is 11.7. The van der Waals surface area contributed by atoms with Crippen molar-refractivity contribution in [2.24, 2.45) is 13.0 Å². The summed E-state index contributed by atoms with van der Waals surface area (Å²) in [4.78, 5) is 26.3. The zero-order chi connectivity index (χ0) is 25.4. The summed E-state index contributed by atoms with van der Waals surface area (Å²) in [7, 11) is 1.95. The lowest BCUT2D eigenvalue weighted by atomic mass is 10.0. The summed E-state index contributed by atoms with van der Waals surface area (Å²) >= 11 is 0. The van der Waals surface area contributed by atoms with E-state index >= 15 is 0 Å². The Labute approximate surface area is 217 Å². The highest BCUT2D eigenvalue weighted by atomic mass is 16.5. The summed E-state index contributed by atoms with van der Waals surface area (Å²) in [5.41, 5.74) is 4.84. The Morgan fingerprint density at radius 1 is 1.11 bits per heavy atom. The molecule has 0 aliphatic carbocycles. The van der Waals surface area contributed by atoms with E-state index in [1.54, 1.807) is 6.33 Å². The minimum absolute atomic E-state index is 0.0814. The third kappa shape index (κ3) is 5.02. The maximum Gasteiger partial charge on any atom is 0.241 e. The average Bonchev–Trinajstić information content (AvgIpc) is 3.55. The average molecular weight is 505 g/mol. The molecule has 3 fully saturated rings. The molecule has 3 aliphatic rings. The van der Waals surface area contributed by atoms with Crippen LogP contribution in [0.5, 0.6) is 5.88 Å². The van der Waals surface area contributed by atoms with Crippen molar-refractivity contribution >= 4 is 22.6 Å². The number of amides is 1. The molecule has 0 saturated carbocycles. The molecule has 9 heteroatoms. The Morgan fingerprint density at radius 2 is 1.86 bits per heavy atom. The summed E-state index contributed by atoms with van der Waals surface area (Å²) in [5, 5.41) is 2.90. The molecule has 2 aromatic heterocycles. The standard InChI is InChI=1S/C28H36N6O3/c1-19(21-15-26(35)29-17-21)37-28-27-25(30-18-32(27)2)16-24(31-28)20-3-5-22(6-4-20)33-9-11-34(12-10-33)23-7-13-36-14-8-23/h3-6,16,18-19,21,23H,7-15,17H2,1-2H3,(H,29,35)/t19-,21-/m1/s1. The van der Waals surface area contributed by atoms with Crippen LogP contribution in [0.4, 0.5) is 5.69 Å². The number of pyridine rings is 1. The Kier molecular flexibility index (Phi) is 6.73. The molecule has 37 heavy (non-hydrogen) atoms. The van der Waals surface area contributed by atoms with Crippen molar-refractivity contribution in [3.05, 3.63) is 36.7 Å². The fourth-order valence-electron chi connectivity index (χ4n) is 5.84. The van der Waals surface area contributed by atoms with Crippen molar-refractivity contribution in [2.45, 2.75) is 38.3 Å². The van der Waals surface area contributed by atoms with E-state index in [0.29, 0.717) is 24.9 Å². The van der Waals surface area contributed by atoms with Crippen LogP contribution in [0.3, 0.4) is 0 Å². The van der Waals surface area contributed by atoms with Gasteiger partial charge in [-0.05, 0) is 38.0 Å². The quantitative estimate of drug-likeness (QED) is 0.553. The number of nitrogens with one attached hydrogen (secondary N) is 1. The van der Waals surface area contributed by atoms with Crippen LogP contribution in [0.25, 0.3) is 22.3 Å². The van der Waals surface area contributed by atoms with E-state index in [9.17, 15) is 4.79 Å². The molecule has 3 saturated heterocycles. The highest BCUT2D eigenvalue weighted by Crippen LogP contribution is 2.31. The molecule has 3 aliphatic heterocycles. The highest BCUT2D eigenvalue weighted by molar-refractivity contribution is 5.85. The second kappa shape index (κ2) is 10.3. The molecule has 2 atom stereocenters. The molecule has 196 valence electrons. The first-order chi connectivity index (χ1) is 18.0. The largest absolute Gasteiger partial charge is 0.473 e. The summed E-state index contributed by atoms with van der Waals surface area (Å²) in [6.07, 6.45) is 4.45. The maximum atomic E-state index is 11.7. The molecule has 1 N–H and O–H groups in total. The molecule has 3 aromatic rings. The zero-order valence-corrected chi connectivity index (χ0v) is 21.7. The predicted molar refractivity (Wildman–Crippen MR) is 143 cm³/mol. The number of benzene rings is 1. The van der Waals surface area contributed by atoms with Crippen molar-refractivity contribution in [3.8, 4) is 17.1 Å². The van der Waals surface area contributed by atoms with E-state index in [4.69, 9.17) is 14.5 Å². The Balaban J connectivity index is 1.18. The normalized spacial score (nSPS) is 22.4. The van der Waals surface area contributed by atoms with Gasteiger partial charge in [-0.15, -0.1) is 0 Å². The molecule has 0 radical (unpaired) electrons. The number of carbonyl (C=O) groups excluding carboxylic acids is 1. The number of aryl methyl sites for hydroxylation is 1. The van der Waals surface area contributed by atoms with E-state index in [2.05, 4.69) is 44.4 Å². The number of ether oxygens (including phenoxy) is 2. The van der Waals surface area contributed by atoms with Gasteiger partial charge in [0.2, 0.25) is 11.8 Å². The summed E-state index contributed by atoms with van der Waals surface area (Å²) in [6.45, 7) is 8.74. The first kappa shape index (κ1) is 24.2. The van der Waals surface area contributed by atoms with Gasteiger partial charge in [0, 0.05) is 82.6 Å². The number of anilines is 1. The van der Waals surface area contributed by atoms with Crippen molar-refractivity contribution < 1.29 is 14.3 Å². The third-order valence-corrected chi connectivity index (χ3v) is 8.18. The molecular weight excluding hydrogens is 468 g/mol. The lowest BCUT2D eigenvalue weighted by molar-refractivity contribution is -0.119. The molecule has 5 heterocycles. The SMILES string of the molecule is C[C@@H](Oc1nc(-c2ccc(N3CCN(C4CCOCC4)CC3)cc2)cc2ncn(C)c12)[C@H]1CNC(=O)C1. The lowest BCUT2D eigenvalue weighted by Crippen LogP contribution is -2.51. The molecule has 1 aromatic carbocycles. The zero-order valence-electron chi connectivity index (χ0n) is 21.7. The van der Waals surface area contributed by atoms with Crippen LogP contribution in [-0.4, -0.2) is 83.4 Å². The Morgan fingerprint density at radius 3 is 2.57 bits per heavy atom. The van der Waals surface area contributed by atoms with Crippen molar-refractivity contribution in [2.75, 3.05) is 50.8 Å². The minimum Gasteiger partial charge on any atom is -0.473 e. The molecule has 0 bridgehead atoms. The fraction of sp³-hybridized carbons (Fsp3) is 0.536. The highest BCUT2D eigenvalue weighted by Gasteiger charge is 2.29. The van der Waals surface area contributed by atoms with Crippen molar-refractivity contribution in [1.29, 1.82) is 0 Å². The lowest BCUT2D eigenvalue weighted by Gasteiger charge is -2.41. The molecule has 1 amide bonds. The van der Waals surface area contributed by atoms with Crippen molar-refractivity contribution in [3.63, 3.8) is 0 Å². The summed E-state index contributed by atoms with van der Waals surface area (Å²) in [5.74, 6) is 0.776. The number of aromatic nitrogens is 3. The van der Waals surface area contributed by atoms with E-state index in [0.717, 1.165) is 74.5 Å². The number of fused-ring (bicyclic) bond motifs is 1. The second-order valence-electron chi connectivity index (χ2n) is 10.5. The first-order valence-electron chi connectivity index (χ1n) is 13.5. The number of hydrogen-bond acceptors (Lipinski definition) is 7. The summed E-state index contributed by atoms with van der Waals surface area (Å²) in [6, 6.07) is 11.4. The van der Waals surface area contributed by atoms with Gasteiger partial charge in [0.25, 0.3) is 0 Å². The van der Waals surface area contributed by atoms with E-state index in [-0.39, 0.29) is 17.9 Å². The number of hydrogen-bond donors (Lipinski definition) is 1. The third-order valence-electron chi connectivity index (χ3n) is 8.18. The van der Waals surface area contributed by atoms with Gasteiger partial charge < -0.3 is 24.3 Å². The first-order valence-corrected chi connectivity index (χ1v) is 13.5. The van der Waals surface area contributed by atoms with Gasteiger partial charge in [-0.1, -0.05) is 12.1 Å². The van der Waals surface area contributed by atoms with Gasteiger partial charge in [0.05, 0.1) is 17.5 Å². The van der Waals surface area contributed by atoms with Gasteiger partial charge >= 0.3 is 0 Å². The van der Waals surface area contributed by atoms with Crippen LogP contribution in [0, 0.1) is 5.92 Å². The summed E-state index contributed by atoms with van der Waals surface area (Å²) < 4.78 is 13.8. The minimum atomic E-state index is -0.137. The topological polar surface area (TPSA) is 84.8 Å². The monoisotopic (exact) mass is 504 g/mol. The van der Waals surface area contributed by atoms with Crippen LogP contribution < -0.4 is 15.0 Å². The smallest absolute Gasteiger partial charge is 0.241 e. The molecule has 0 spiro atoms. The van der Waals surface area contributed by atoms with Gasteiger partial charge in [-0.2, -0.15) is 0 Å². The van der Waals surface area contributed by atoms with E-state index in [1.807, 2.05) is 24.6 Å². The van der Waals surface area contributed by atoms with Gasteiger partial charge in [0.1, 0.15) is 11.6 Å². The Bertz CT molecular complexity index is 1240. The number of piperazine rings is 1. The number of rotatable bonds is 6. The predicted octanol–water partition coefficient (Wildman–Crippen LogP) is 2.84. The van der Waals surface area contributed by atoms with Crippen LogP contribution >= 0.6 is 0 Å². The van der Waals surface area contributed by atoms with Crippen LogP contribution in [-0.2, 0) is 16.6 Å². The number of carbonyl (C=O) groups is 1. The molecule has 0 unspecified atom stereocenters. The van der Waals surface area contributed by atoms with Crippen LogP contribution in [0.2, 0.25) is 0 Å².